The van der Waals surface area contributed by atoms with Crippen molar-refractivity contribution in [1.82, 2.24) is 0 Å². The van der Waals surface area contributed by atoms with Crippen molar-refractivity contribution in [3.63, 3.8) is 0 Å². The van der Waals surface area contributed by atoms with E-state index in [1.165, 1.54) is 0 Å². The van der Waals surface area contributed by atoms with Gasteiger partial charge in [-0.15, -0.1) is 0 Å². The summed E-state index contributed by atoms with van der Waals surface area (Å²) in [4.78, 5) is 0. The zero-order chi connectivity index (χ0) is 12.3. The molecule has 1 aliphatic heterocycles. The van der Waals surface area contributed by atoms with Crippen LogP contribution in [-0.2, 0) is 9.47 Å². The molecule has 1 aromatic carbocycles. The topological polar surface area (TPSA) is 18.5 Å². The molecule has 0 aliphatic carbocycles. The van der Waals surface area contributed by atoms with Crippen molar-refractivity contribution in [3.8, 4) is 0 Å². The maximum atomic E-state index is 6.13. The molecule has 0 atom stereocenters. The second-order valence-electron chi connectivity index (χ2n) is 5.04. The Balaban J connectivity index is 2.02. The second kappa shape index (κ2) is 5.38. The molecular formula is C14H19ClO2. The lowest BCUT2D eigenvalue weighted by Crippen LogP contribution is -2.36. The highest BCUT2D eigenvalue weighted by molar-refractivity contribution is 6.31. The summed E-state index contributed by atoms with van der Waals surface area (Å²) in [7, 11) is 0. The predicted octanol–water partition coefficient (Wildman–Crippen LogP) is 4.19. The summed E-state index contributed by atoms with van der Waals surface area (Å²) < 4.78 is 11.6. The number of hydrogen-bond acceptors (Lipinski definition) is 2. The van der Waals surface area contributed by atoms with Gasteiger partial charge in [0.15, 0.2) is 6.29 Å². The highest BCUT2D eigenvalue weighted by Crippen LogP contribution is 2.36. The quantitative estimate of drug-likeness (QED) is 0.805. The molecule has 0 radical (unpaired) electrons. The molecule has 3 heteroatoms. The van der Waals surface area contributed by atoms with Crippen LogP contribution in [0.4, 0.5) is 0 Å². The summed E-state index contributed by atoms with van der Waals surface area (Å²) >= 11 is 6.13. The van der Waals surface area contributed by atoms with Gasteiger partial charge in [-0.05, 0) is 12.5 Å². The Labute approximate surface area is 108 Å². The Bertz CT molecular complexity index is 370. The van der Waals surface area contributed by atoms with Crippen LogP contribution in [0.15, 0.2) is 24.3 Å². The molecule has 1 heterocycles. The van der Waals surface area contributed by atoms with Gasteiger partial charge in [0.05, 0.1) is 13.2 Å². The van der Waals surface area contributed by atoms with Crippen LogP contribution >= 0.6 is 11.6 Å². The van der Waals surface area contributed by atoms with Crippen LogP contribution in [0.5, 0.6) is 0 Å². The molecule has 1 aromatic rings. The number of ether oxygens (including phenoxy) is 2. The first-order chi connectivity index (χ1) is 8.14. The van der Waals surface area contributed by atoms with Crippen LogP contribution in [-0.4, -0.2) is 13.2 Å². The normalized spacial score (nSPS) is 29.2. The summed E-state index contributed by atoms with van der Waals surface area (Å²) in [6.07, 6.45) is 1.97. The van der Waals surface area contributed by atoms with Crippen LogP contribution in [0, 0.1) is 5.41 Å². The third-order valence-electron chi connectivity index (χ3n) is 3.18. The second-order valence-corrected chi connectivity index (χ2v) is 5.44. The molecule has 0 aromatic heterocycles. The highest BCUT2D eigenvalue weighted by Gasteiger charge is 2.33. The van der Waals surface area contributed by atoms with E-state index in [-0.39, 0.29) is 11.7 Å². The van der Waals surface area contributed by atoms with Gasteiger partial charge in [0.2, 0.25) is 0 Å². The number of rotatable bonds is 3. The number of hydrogen-bond donors (Lipinski definition) is 0. The molecule has 0 N–H and O–H groups in total. The van der Waals surface area contributed by atoms with Crippen molar-refractivity contribution >= 4 is 11.6 Å². The lowest BCUT2D eigenvalue weighted by atomic mass is 9.87. The molecule has 2 nitrogen and oxygen atoms in total. The standard InChI is InChI=1S/C14H19ClO2/c1-3-8-14(2)9-16-13(17-10-14)11-6-4-5-7-12(11)15/h4-7,13H,3,8-10H2,1-2H3. The summed E-state index contributed by atoms with van der Waals surface area (Å²) in [5, 5.41) is 0.705. The largest absolute Gasteiger partial charge is 0.348 e. The summed E-state index contributed by atoms with van der Waals surface area (Å²) in [6.45, 7) is 5.86. The molecule has 0 saturated carbocycles. The Morgan fingerprint density at radius 2 is 1.94 bits per heavy atom. The van der Waals surface area contributed by atoms with E-state index in [4.69, 9.17) is 21.1 Å². The molecule has 94 valence electrons. The average Bonchev–Trinajstić information content (AvgIpc) is 2.31. The molecule has 0 unspecified atom stereocenters. The summed E-state index contributed by atoms with van der Waals surface area (Å²) in [6, 6.07) is 7.68. The Kier molecular flexibility index (Phi) is 4.08. The fourth-order valence-electron chi connectivity index (χ4n) is 2.24. The SMILES string of the molecule is CCCC1(C)COC(c2ccccc2Cl)OC1. The van der Waals surface area contributed by atoms with Crippen molar-refractivity contribution in [2.75, 3.05) is 13.2 Å². The zero-order valence-corrected chi connectivity index (χ0v) is 11.2. The van der Waals surface area contributed by atoms with Gasteiger partial charge in [-0.1, -0.05) is 50.1 Å². The first-order valence-electron chi connectivity index (χ1n) is 6.12. The van der Waals surface area contributed by atoms with Gasteiger partial charge in [0.25, 0.3) is 0 Å². The van der Waals surface area contributed by atoms with Crippen molar-refractivity contribution < 1.29 is 9.47 Å². The predicted molar refractivity (Wildman–Crippen MR) is 69.1 cm³/mol. The highest BCUT2D eigenvalue weighted by atomic mass is 35.5. The fraction of sp³-hybridized carbons (Fsp3) is 0.571. The van der Waals surface area contributed by atoms with Crippen molar-refractivity contribution in [2.24, 2.45) is 5.41 Å². The van der Waals surface area contributed by atoms with E-state index in [0.717, 1.165) is 31.6 Å². The minimum Gasteiger partial charge on any atom is -0.348 e. The number of benzene rings is 1. The molecule has 0 spiro atoms. The van der Waals surface area contributed by atoms with E-state index in [1.807, 2.05) is 24.3 Å². The monoisotopic (exact) mass is 254 g/mol. The molecule has 1 aliphatic rings. The average molecular weight is 255 g/mol. The first-order valence-corrected chi connectivity index (χ1v) is 6.50. The van der Waals surface area contributed by atoms with Crippen molar-refractivity contribution in [3.05, 3.63) is 34.9 Å². The van der Waals surface area contributed by atoms with E-state index < -0.39 is 0 Å². The lowest BCUT2D eigenvalue weighted by molar-refractivity contribution is -0.231. The molecule has 2 rings (SSSR count). The maximum Gasteiger partial charge on any atom is 0.185 e. The van der Waals surface area contributed by atoms with E-state index in [9.17, 15) is 0 Å². The Morgan fingerprint density at radius 1 is 1.29 bits per heavy atom. The Hall–Kier alpha value is -0.570. The fourth-order valence-corrected chi connectivity index (χ4v) is 2.46. The summed E-state index contributed by atoms with van der Waals surface area (Å²) in [5.41, 5.74) is 1.07. The van der Waals surface area contributed by atoms with Gasteiger partial charge in [-0.25, -0.2) is 0 Å². The van der Waals surface area contributed by atoms with Crippen LogP contribution < -0.4 is 0 Å². The van der Waals surface area contributed by atoms with Crippen molar-refractivity contribution in [1.29, 1.82) is 0 Å². The summed E-state index contributed by atoms with van der Waals surface area (Å²) in [5.74, 6) is 0. The smallest absolute Gasteiger partial charge is 0.185 e. The molecule has 0 amide bonds. The van der Waals surface area contributed by atoms with Gasteiger partial charge < -0.3 is 9.47 Å². The van der Waals surface area contributed by atoms with E-state index in [1.54, 1.807) is 0 Å². The molecule has 17 heavy (non-hydrogen) atoms. The molecular weight excluding hydrogens is 236 g/mol. The number of halogens is 1. The van der Waals surface area contributed by atoms with Crippen molar-refractivity contribution in [2.45, 2.75) is 33.0 Å². The molecule has 0 bridgehead atoms. The van der Waals surface area contributed by atoms with Gasteiger partial charge in [0, 0.05) is 16.0 Å². The van der Waals surface area contributed by atoms with E-state index in [2.05, 4.69) is 13.8 Å². The maximum absolute atomic E-state index is 6.13. The van der Waals surface area contributed by atoms with Crippen LogP contribution in [0.1, 0.15) is 38.5 Å². The van der Waals surface area contributed by atoms with Gasteiger partial charge in [-0.3, -0.25) is 0 Å². The van der Waals surface area contributed by atoms with E-state index in [0.29, 0.717) is 5.02 Å². The van der Waals surface area contributed by atoms with Crippen LogP contribution in [0.25, 0.3) is 0 Å². The van der Waals surface area contributed by atoms with Crippen LogP contribution in [0.2, 0.25) is 5.02 Å². The first kappa shape index (κ1) is 12.9. The minimum absolute atomic E-state index is 0.145. The molecule has 1 saturated heterocycles. The minimum atomic E-state index is -0.311. The van der Waals surface area contributed by atoms with Gasteiger partial charge >= 0.3 is 0 Å². The van der Waals surface area contributed by atoms with Crippen LogP contribution in [0.3, 0.4) is 0 Å². The van der Waals surface area contributed by atoms with Gasteiger partial charge in [0.1, 0.15) is 0 Å². The third-order valence-corrected chi connectivity index (χ3v) is 3.52. The Morgan fingerprint density at radius 3 is 2.53 bits per heavy atom. The lowest BCUT2D eigenvalue weighted by Gasteiger charge is -2.37. The molecule has 1 fully saturated rings. The van der Waals surface area contributed by atoms with Gasteiger partial charge in [-0.2, -0.15) is 0 Å². The zero-order valence-electron chi connectivity index (χ0n) is 10.4. The third kappa shape index (κ3) is 3.01. The van der Waals surface area contributed by atoms with E-state index >= 15 is 0 Å².